The number of aromatic nitrogens is 1. The predicted octanol–water partition coefficient (Wildman–Crippen LogP) is 3.45. The first-order chi connectivity index (χ1) is 14.7. The molecule has 0 fully saturated rings. The SMILES string of the molecule is COc1cc(NC(=O)C2CC(c3cccnc3)=NO2)ccc1C(=O)c1ccccc1. The molecule has 0 radical (unpaired) electrons. The molecule has 150 valence electrons. The normalized spacial score (nSPS) is 15.1. The number of benzene rings is 2. The number of nitrogens with zero attached hydrogens (tertiary/aromatic N) is 2. The van der Waals surface area contributed by atoms with Crippen molar-refractivity contribution in [3.05, 3.63) is 89.7 Å². The molecule has 1 unspecified atom stereocenters. The van der Waals surface area contributed by atoms with E-state index in [1.807, 2.05) is 12.1 Å². The summed E-state index contributed by atoms with van der Waals surface area (Å²) in [5, 5.41) is 6.79. The monoisotopic (exact) mass is 401 g/mol. The van der Waals surface area contributed by atoms with Crippen LogP contribution in [0.4, 0.5) is 5.69 Å². The van der Waals surface area contributed by atoms with Crippen molar-refractivity contribution in [1.82, 2.24) is 4.98 Å². The van der Waals surface area contributed by atoms with Crippen LogP contribution in [0, 0.1) is 0 Å². The van der Waals surface area contributed by atoms with Gasteiger partial charge in [-0.3, -0.25) is 14.6 Å². The average Bonchev–Trinajstić information content (AvgIpc) is 3.30. The number of anilines is 1. The van der Waals surface area contributed by atoms with Gasteiger partial charge in [-0.1, -0.05) is 35.5 Å². The second-order valence-electron chi connectivity index (χ2n) is 6.68. The van der Waals surface area contributed by atoms with Gasteiger partial charge >= 0.3 is 0 Å². The summed E-state index contributed by atoms with van der Waals surface area (Å²) in [5.41, 5.74) is 2.97. The molecule has 0 bridgehead atoms. The summed E-state index contributed by atoms with van der Waals surface area (Å²) in [6.07, 6.45) is 2.95. The van der Waals surface area contributed by atoms with Crippen LogP contribution < -0.4 is 10.1 Å². The van der Waals surface area contributed by atoms with E-state index in [0.717, 1.165) is 5.56 Å². The maximum absolute atomic E-state index is 12.7. The van der Waals surface area contributed by atoms with E-state index in [1.165, 1.54) is 7.11 Å². The number of rotatable bonds is 6. The van der Waals surface area contributed by atoms with E-state index in [0.29, 0.717) is 34.7 Å². The Kier molecular flexibility index (Phi) is 5.52. The number of methoxy groups -OCH3 is 1. The van der Waals surface area contributed by atoms with Gasteiger partial charge in [0.2, 0.25) is 6.10 Å². The third-order valence-electron chi connectivity index (χ3n) is 4.71. The number of hydrogen-bond donors (Lipinski definition) is 1. The predicted molar refractivity (Wildman–Crippen MR) is 112 cm³/mol. The highest BCUT2D eigenvalue weighted by molar-refractivity contribution is 6.11. The highest BCUT2D eigenvalue weighted by atomic mass is 16.6. The van der Waals surface area contributed by atoms with Crippen molar-refractivity contribution >= 4 is 23.1 Å². The lowest BCUT2D eigenvalue weighted by atomic mass is 10.0. The van der Waals surface area contributed by atoms with E-state index >= 15 is 0 Å². The summed E-state index contributed by atoms with van der Waals surface area (Å²) < 4.78 is 5.38. The van der Waals surface area contributed by atoms with Gasteiger partial charge < -0.3 is 14.9 Å². The Morgan fingerprint density at radius 3 is 2.67 bits per heavy atom. The summed E-state index contributed by atoms with van der Waals surface area (Å²) in [4.78, 5) is 34.7. The van der Waals surface area contributed by atoms with Crippen LogP contribution in [0.2, 0.25) is 0 Å². The second kappa shape index (κ2) is 8.57. The zero-order valence-electron chi connectivity index (χ0n) is 16.2. The van der Waals surface area contributed by atoms with Crippen molar-refractivity contribution in [2.45, 2.75) is 12.5 Å². The standard InChI is InChI=1S/C23H19N3O4/c1-29-20-12-17(9-10-18(20)22(27)15-6-3-2-4-7-15)25-23(28)21-13-19(26-30-21)16-8-5-11-24-14-16/h2-12,14,21H,13H2,1H3,(H,25,28). The molecule has 1 atom stereocenters. The molecule has 1 aliphatic heterocycles. The molecule has 0 spiro atoms. The first-order valence-electron chi connectivity index (χ1n) is 9.37. The van der Waals surface area contributed by atoms with Crippen LogP contribution in [0.25, 0.3) is 0 Å². The van der Waals surface area contributed by atoms with E-state index in [9.17, 15) is 9.59 Å². The van der Waals surface area contributed by atoms with Gasteiger partial charge in [0.25, 0.3) is 5.91 Å². The minimum Gasteiger partial charge on any atom is -0.496 e. The number of nitrogens with one attached hydrogen (secondary N) is 1. The Bertz CT molecular complexity index is 1100. The van der Waals surface area contributed by atoms with Crippen LogP contribution in [0.1, 0.15) is 27.9 Å². The average molecular weight is 401 g/mol. The molecule has 1 aliphatic rings. The third-order valence-corrected chi connectivity index (χ3v) is 4.71. The number of hydrogen-bond acceptors (Lipinski definition) is 6. The highest BCUT2D eigenvalue weighted by Gasteiger charge is 2.29. The molecule has 30 heavy (non-hydrogen) atoms. The Labute approximate surface area is 173 Å². The lowest BCUT2D eigenvalue weighted by Gasteiger charge is -2.13. The quantitative estimate of drug-likeness (QED) is 0.639. The van der Waals surface area contributed by atoms with Crippen LogP contribution in [-0.2, 0) is 9.63 Å². The fourth-order valence-corrected chi connectivity index (χ4v) is 3.15. The molecule has 1 N–H and O–H groups in total. The van der Waals surface area contributed by atoms with E-state index in [1.54, 1.807) is 60.9 Å². The van der Waals surface area contributed by atoms with Gasteiger partial charge in [-0.05, 0) is 24.3 Å². The molecule has 3 aromatic rings. The maximum atomic E-state index is 12.7. The van der Waals surface area contributed by atoms with Gasteiger partial charge in [-0.15, -0.1) is 0 Å². The summed E-state index contributed by atoms with van der Waals surface area (Å²) in [6.45, 7) is 0. The van der Waals surface area contributed by atoms with Crippen molar-refractivity contribution in [2.75, 3.05) is 12.4 Å². The summed E-state index contributed by atoms with van der Waals surface area (Å²) in [7, 11) is 1.48. The van der Waals surface area contributed by atoms with Crippen LogP contribution in [-0.4, -0.2) is 35.6 Å². The van der Waals surface area contributed by atoms with Gasteiger partial charge in [0, 0.05) is 41.7 Å². The molecule has 1 amide bonds. The summed E-state index contributed by atoms with van der Waals surface area (Å²) in [6, 6.07) is 17.5. The lowest BCUT2D eigenvalue weighted by Crippen LogP contribution is -2.28. The molecule has 7 heteroatoms. The van der Waals surface area contributed by atoms with Crippen LogP contribution in [0.5, 0.6) is 5.75 Å². The molecule has 2 heterocycles. The zero-order chi connectivity index (χ0) is 20.9. The van der Waals surface area contributed by atoms with Gasteiger partial charge in [-0.25, -0.2) is 0 Å². The fraction of sp³-hybridized carbons (Fsp3) is 0.130. The topological polar surface area (TPSA) is 89.9 Å². The Morgan fingerprint density at radius 2 is 1.93 bits per heavy atom. The van der Waals surface area contributed by atoms with Crippen molar-refractivity contribution in [2.24, 2.45) is 5.16 Å². The maximum Gasteiger partial charge on any atom is 0.268 e. The highest BCUT2D eigenvalue weighted by Crippen LogP contribution is 2.26. The first kappa shape index (κ1) is 19.3. The van der Waals surface area contributed by atoms with Crippen LogP contribution in [0.3, 0.4) is 0 Å². The van der Waals surface area contributed by atoms with Crippen molar-refractivity contribution < 1.29 is 19.2 Å². The minimum absolute atomic E-state index is 0.154. The lowest BCUT2D eigenvalue weighted by molar-refractivity contribution is -0.125. The third kappa shape index (κ3) is 4.05. The Hall–Kier alpha value is -4.00. The molecule has 7 nitrogen and oxygen atoms in total. The second-order valence-corrected chi connectivity index (χ2v) is 6.68. The molecular weight excluding hydrogens is 382 g/mol. The molecule has 2 aromatic carbocycles. The zero-order valence-corrected chi connectivity index (χ0v) is 16.2. The van der Waals surface area contributed by atoms with Gasteiger partial charge in [0.05, 0.1) is 18.4 Å². The van der Waals surface area contributed by atoms with Crippen LogP contribution >= 0.6 is 0 Å². The van der Waals surface area contributed by atoms with Crippen molar-refractivity contribution in [3.63, 3.8) is 0 Å². The van der Waals surface area contributed by atoms with Crippen LogP contribution in [0.15, 0.2) is 78.2 Å². The number of ketones is 1. The number of carbonyl (C=O) groups is 2. The largest absolute Gasteiger partial charge is 0.496 e. The number of ether oxygens (including phenoxy) is 1. The molecule has 4 rings (SSSR count). The summed E-state index contributed by atoms with van der Waals surface area (Å²) >= 11 is 0. The van der Waals surface area contributed by atoms with E-state index in [4.69, 9.17) is 9.57 Å². The van der Waals surface area contributed by atoms with E-state index in [-0.39, 0.29) is 11.7 Å². The Balaban J connectivity index is 1.45. The molecule has 0 saturated heterocycles. The van der Waals surface area contributed by atoms with E-state index in [2.05, 4.69) is 15.5 Å². The number of amides is 1. The minimum atomic E-state index is -0.739. The smallest absolute Gasteiger partial charge is 0.268 e. The van der Waals surface area contributed by atoms with Gasteiger partial charge in [-0.2, -0.15) is 0 Å². The molecule has 1 aromatic heterocycles. The summed E-state index contributed by atoms with van der Waals surface area (Å²) in [5.74, 6) is -0.109. The van der Waals surface area contributed by atoms with E-state index < -0.39 is 6.10 Å². The number of pyridine rings is 1. The van der Waals surface area contributed by atoms with Crippen molar-refractivity contribution in [3.8, 4) is 5.75 Å². The fourth-order valence-electron chi connectivity index (χ4n) is 3.15. The molecular formula is C23H19N3O4. The first-order valence-corrected chi connectivity index (χ1v) is 9.37. The van der Waals surface area contributed by atoms with Crippen molar-refractivity contribution in [1.29, 1.82) is 0 Å². The molecule has 0 aliphatic carbocycles. The van der Waals surface area contributed by atoms with Gasteiger partial charge in [0.15, 0.2) is 5.78 Å². The molecule has 0 saturated carbocycles. The Morgan fingerprint density at radius 1 is 1.10 bits per heavy atom. The van der Waals surface area contributed by atoms with Gasteiger partial charge in [0.1, 0.15) is 5.75 Å². The number of carbonyl (C=O) groups excluding carboxylic acids is 2. The number of oxime groups is 1.